The molecule has 0 saturated heterocycles. The number of nitrogens with zero attached hydrogens (tertiary/aromatic N) is 1. The third-order valence-corrected chi connectivity index (χ3v) is 5.82. The monoisotopic (exact) mass is 472 g/mol. The summed E-state index contributed by atoms with van der Waals surface area (Å²) in [6.07, 6.45) is 1.40. The van der Waals surface area contributed by atoms with E-state index in [1.807, 2.05) is 6.92 Å². The van der Waals surface area contributed by atoms with Gasteiger partial charge in [0.1, 0.15) is 10.6 Å². The molecule has 1 amide bonds. The second-order valence-electron chi connectivity index (χ2n) is 6.10. The van der Waals surface area contributed by atoms with Gasteiger partial charge in [0.25, 0.3) is 5.91 Å². The Morgan fingerprint density at radius 2 is 1.76 bits per heavy atom. The van der Waals surface area contributed by atoms with Crippen molar-refractivity contribution in [1.82, 2.24) is 5.43 Å². The average Bonchev–Trinajstić information content (AvgIpc) is 2.68. The molecule has 0 atom stereocenters. The zero-order chi connectivity index (χ0) is 20.9. The van der Waals surface area contributed by atoms with E-state index in [0.717, 1.165) is 5.56 Å². The zero-order valence-corrected chi connectivity index (χ0v) is 17.8. The van der Waals surface area contributed by atoms with Crippen LogP contribution in [0.3, 0.4) is 0 Å². The number of amides is 1. The lowest BCUT2D eigenvalue weighted by Gasteiger charge is -2.08. The van der Waals surface area contributed by atoms with E-state index in [1.165, 1.54) is 30.5 Å². The summed E-state index contributed by atoms with van der Waals surface area (Å²) in [7, 11) is -3.94. The number of rotatable bonds is 6. The number of nitrogens with one attached hydrogen (secondary N) is 1. The van der Waals surface area contributed by atoms with E-state index in [0.29, 0.717) is 15.6 Å². The molecule has 0 unspecified atom stereocenters. The number of hydrazone groups is 1. The van der Waals surface area contributed by atoms with E-state index in [4.69, 9.17) is 4.18 Å². The average molecular weight is 473 g/mol. The number of benzene rings is 3. The summed E-state index contributed by atoms with van der Waals surface area (Å²) in [5.41, 5.74) is 4.39. The van der Waals surface area contributed by atoms with Gasteiger partial charge in [-0.05, 0) is 64.8 Å². The highest BCUT2D eigenvalue weighted by Crippen LogP contribution is 2.20. The molecule has 0 aliphatic carbocycles. The van der Waals surface area contributed by atoms with Crippen molar-refractivity contribution in [2.24, 2.45) is 5.10 Å². The highest BCUT2D eigenvalue weighted by molar-refractivity contribution is 9.10. The van der Waals surface area contributed by atoms with Gasteiger partial charge in [-0.3, -0.25) is 4.79 Å². The van der Waals surface area contributed by atoms with Gasteiger partial charge in [0.15, 0.2) is 0 Å². The van der Waals surface area contributed by atoms with Crippen LogP contribution in [-0.4, -0.2) is 20.5 Å². The molecule has 0 aliphatic heterocycles. The molecule has 0 aliphatic rings. The first-order chi connectivity index (χ1) is 13.8. The summed E-state index contributed by atoms with van der Waals surface area (Å²) in [5, 5.41) is 3.91. The van der Waals surface area contributed by atoms with Crippen LogP contribution in [0.25, 0.3) is 0 Å². The zero-order valence-electron chi connectivity index (χ0n) is 15.4. The van der Waals surface area contributed by atoms with Gasteiger partial charge in [0.2, 0.25) is 0 Å². The summed E-state index contributed by atoms with van der Waals surface area (Å²) in [4.78, 5) is 12.2. The van der Waals surface area contributed by atoms with Gasteiger partial charge in [0, 0.05) is 4.47 Å². The minimum Gasteiger partial charge on any atom is -0.379 e. The van der Waals surface area contributed by atoms with E-state index in [2.05, 4.69) is 26.5 Å². The molecule has 6 nitrogen and oxygen atoms in total. The molecule has 0 spiro atoms. The fraction of sp³-hybridized carbons (Fsp3) is 0.0476. The molecule has 0 heterocycles. The molecule has 1 N–H and O–H groups in total. The summed E-state index contributed by atoms with van der Waals surface area (Å²) in [6.45, 7) is 1.87. The highest BCUT2D eigenvalue weighted by Gasteiger charge is 2.16. The summed E-state index contributed by atoms with van der Waals surface area (Å²) < 4.78 is 30.7. The van der Waals surface area contributed by atoms with Crippen molar-refractivity contribution < 1.29 is 17.4 Å². The Morgan fingerprint density at radius 3 is 2.48 bits per heavy atom. The molecule has 3 aromatic rings. The van der Waals surface area contributed by atoms with Crippen LogP contribution < -0.4 is 9.61 Å². The molecule has 8 heteroatoms. The van der Waals surface area contributed by atoms with E-state index >= 15 is 0 Å². The van der Waals surface area contributed by atoms with E-state index in [1.54, 1.807) is 48.5 Å². The smallest absolute Gasteiger partial charge is 0.339 e. The normalized spacial score (nSPS) is 11.4. The molecule has 29 heavy (non-hydrogen) atoms. The van der Waals surface area contributed by atoms with Crippen LogP contribution in [0, 0.1) is 6.92 Å². The predicted octanol–water partition coefficient (Wildman–Crippen LogP) is 4.29. The highest BCUT2D eigenvalue weighted by atomic mass is 79.9. The summed E-state index contributed by atoms with van der Waals surface area (Å²) in [6, 6.07) is 19.8. The Hall–Kier alpha value is -2.97. The maximum absolute atomic E-state index is 12.4. The second-order valence-corrected chi connectivity index (χ2v) is 8.50. The molecule has 0 saturated carbocycles. The van der Waals surface area contributed by atoms with Gasteiger partial charge in [0.05, 0.1) is 11.8 Å². The van der Waals surface area contributed by atoms with Crippen LogP contribution in [0.5, 0.6) is 5.75 Å². The van der Waals surface area contributed by atoms with Crippen molar-refractivity contribution in [2.75, 3.05) is 0 Å². The third-order valence-electron chi connectivity index (χ3n) is 3.87. The quantitative estimate of drug-likeness (QED) is 0.329. The number of carbonyl (C=O) groups excluding carboxylic acids is 1. The second kappa shape index (κ2) is 9.02. The summed E-state index contributed by atoms with van der Waals surface area (Å²) in [5.74, 6) is -0.227. The topological polar surface area (TPSA) is 84.8 Å². The van der Waals surface area contributed by atoms with Crippen LogP contribution in [0.4, 0.5) is 0 Å². The van der Waals surface area contributed by atoms with Crippen molar-refractivity contribution in [1.29, 1.82) is 0 Å². The standard InChI is InChI=1S/C21H17BrN2O4S/c1-15-9-11-18(12-10-15)29(26,27)28-17-6-4-5-16(13-17)14-23-24-21(25)19-7-2-3-8-20(19)22/h2-14H,1H3,(H,24,25)/b23-14-. The predicted molar refractivity (Wildman–Crippen MR) is 115 cm³/mol. The molecule has 0 aromatic heterocycles. The SMILES string of the molecule is Cc1ccc(S(=O)(=O)Oc2cccc(/C=N\NC(=O)c3ccccc3Br)c2)cc1. The molecule has 0 radical (unpaired) electrons. The van der Waals surface area contributed by atoms with Gasteiger partial charge in [-0.2, -0.15) is 13.5 Å². The van der Waals surface area contributed by atoms with E-state index in [-0.39, 0.29) is 16.6 Å². The minimum atomic E-state index is -3.94. The Morgan fingerprint density at radius 1 is 1.03 bits per heavy atom. The van der Waals surface area contributed by atoms with Gasteiger partial charge in [-0.1, -0.05) is 42.0 Å². The van der Waals surface area contributed by atoms with Gasteiger partial charge in [-0.25, -0.2) is 5.43 Å². The largest absolute Gasteiger partial charge is 0.379 e. The number of hydrogen-bond donors (Lipinski definition) is 1. The van der Waals surface area contributed by atoms with E-state index < -0.39 is 10.1 Å². The first-order valence-corrected chi connectivity index (χ1v) is 10.7. The van der Waals surface area contributed by atoms with Crippen LogP contribution in [-0.2, 0) is 10.1 Å². The summed E-state index contributed by atoms with van der Waals surface area (Å²) >= 11 is 3.31. The molecule has 0 bridgehead atoms. The van der Waals surface area contributed by atoms with Crippen LogP contribution >= 0.6 is 15.9 Å². The third kappa shape index (κ3) is 5.52. The minimum absolute atomic E-state index is 0.0721. The van der Waals surface area contributed by atoms with Crippen LogP contribution in [0.2, 0.25) is 0 Å². The fourth-order valence-electron chi connectivity index (χ4n) is 2.40. The van der Waals surface area contributed by atoms with Crippen LogP contribution in [0.1, 0.15) is 21.5 Å². The van der Waals surface area contributed by atoms with Crippen molar-refractivity contribution in [3.8, 4) is 5.75 Å². The Balaban J connectivity index is 1.69. The number of hydrogen-bond acceptors (Lipinski definition) is 5. The molecule has 3 aromatic carbocycles. The lowest BCUT2D eigenvalue weighted by Crippen LogP contribution is -2.18. The van der Waals surface area contributed by atoms with E-state index in [9.17, 15) is 13.2 Å². The van der Waals surface area contributed by atoms with Gasteiger partial charge >= 0.3 is 10.1 Å². The Kier molecular flexibility index (Phi) is 6.46. The maximum Gasteiger partial charge on any atom is 0.339 e. The number of aryl methyl sites for hydroxylation is 1. The Labute approximate surface area is 177 Å². The molecular formula is C21H17BrN2O4S. The number of carbonyl (C=O) groups is 1. The first-order valence-electron chi connectivity index (χ1n) is 8.54. The van der Waals surface area contributed by atoms with Crippen molar-refractivity contribution >= 4 is 38.2 Å². The van der Waals surface area contributed by atoms with Crippen molar-refractivity contribution in [3.63, 3.8) is 0 Å². The van der Waals surface area contributed by atoms with Crippen LogP contribution in [0.15, 0.2) is 87.3 Å². The fourth-order valence-corrected chi connectivity index (χ4v) is 3.78. The molecule has 148 valence electrons. The molecule has 0 fully saturated rings. The Bertz CT molecular complexity index is 1160. The lowest BCUT2D eigenvalue weighted by molar-refractivity contribution is 0.0954. The molecule has 3 rings (SSSR count). The molecular weight excluding hydrogens is 456 g/mol. The van der Waals surface area contributed by atoms with Crippen molar-refractivity contribution in [3.05, 3.63) is 94.0 Å². The number of halogens is 1. The maximum atomic E-state index is 12.4. The van der Waals surface area contributed by atoms with Gasteiger partial charge < -0.3 is 4.18 Å². The van der Waals surface area contributed by atoms with Gasteiger partial charge in [-0.15, -0.1) is 0 Å². The van der Waals surface area contributed by atoms with Crippen molar-refractivity contribution in [2.45, 2.75) is 11.8 Å². The first kappa shape index (κ1) is 20.8. The lowest BCUT2D eigenvalue weighted by atomic mass is 10.2.